The van der Waals surface area contributed by atoms with Gasteiger partial charge in [-0.25, -0.2) is 4.79 Å². The molecule has 1 amide bonds. The summed E-state index contributed by atoms with van der Waals surface area (Å²) in [6, 6.07) is 0. The molecule has 1 heterocycles. The van der Waals surface area contributed by atoms with E-state index in [-0.39, 0.29) is 10.8 Å². The summed E-state index contributed by atoms with van der Waals surface area (Å²) in [5, 5.41) is 13.7. The molecule has 4 nitrogen and oxygen atoms in total. The van der Waals surface area contributed by atoms with Crippen LogP contribution in [0, 0.1) is 24.7 Å². The van der Waals surface area contributed by atoms with Crippen LogP contribution in [0.5, 0.6) is 0 Å². The van der Waals surface area contributed by atoms with E-state index in [2.05, 4.69) is 5.32 Å². The first-order valence-corrected chi connectivity index (χ1v) is 8.03. The lowest BCUT2D eigenvalue weighted by Gasteiger charge is -2.21. The minimum atomic E-state index is -0.974. The van der Waals surface area contributed by atoms with Crippen LogP contribution in [0.4, 0.5) is 5.69 Å². The predicted molar refractivity (Wildman–Crippen MR) is 78.2 cm³/mol. The van der Waals surface area contributed by atoms with E-state index in [0.717, 1.165) is 11.5 Å². The van der Waals surface area contributed by atoms with Crippen molar-refractivity contribution in [1.29, 1.82) is 0 Å². The van der Waals surface area contributed by atoms with Gasteiger partial charge in [0.15, 0.2) is 0 Å². The number of hydrogen-bond acceptors (Lipinski definition) is 3. The van der Waals surface area contributed by atoms with Gasteiger partial charge in [0.1, 0.15) is 4.88 Å². The second kappa shape index (κ2) is 5.20. The Morgan fingerprint density at radius 3 is 2.80 bits per heavy atom. The van der Waals surface area contributed by atoms with Crippen LogP contribution in [0.15, 0.2) is 5.38 Å². The Balaban J connectivity index is 1.64. The van der Waals surface area contributed by atoms with Crippen molar-refractivity contribution in [3.63, 3.8) is 0 Å². The summed E-state index contributed by atoms with van der Waals surface area (Å²) in [4.78, 5) is 23.5. The molecule has 0 aliphatic heterocycles. The highest BCUT2D eigenvalue weighted by atomic mass is 32.1. The number of aromatic carboxylic acids is 1. The van der Waals surface area contributed by atoms with Crippen LogP contribution >= 0.6 is 11.3 Å². The molecule has 3 unspecified atom stereocenters. The van der Waals surface area contributed by atoms with Crippen LogP contribution in [0.25, 0.3) is 0 Å². The number of amides is 1. The molecule has 5 heteroatoms. The van der Waals surface area contributed by atoms with Crippen LogP contribution in [0.1, 0.15) is 47.3 Å². The lowest BCUT2D eigenvalue weighted by molar-refractivity contribution is -0.117. The highest BCUT2D eigenvalue weighted by molar-refractivity contribution is 7.12. The summed E-state index contributed by atoms with van der Waals surface area (Å²) < 4.78 is 0. The summed E-state index contributed by atoms with van der Waals surface area (Å²) in [6.07, 6.45) is 5.59. The molecule has 0 saturated heterocycles. The third-order valence-electron chi connectivity index (χ3n) is 4.77. The molecule has 2 aliphatic rings. The molecular formula is C15H19NO3S. The minimum absolute atomic E-state index is 0.0356. The fourth-order valence-corrected chi connectivity index (χ4v) is 4.66. The van der Waals surface area contributed by atoms with E-state index in [9.17, 15) is 9.59 Å². The standard InChI is InChI=1S/C15H19NO3S/c1-8-7-20-14(15(18)19)13(8)16-12(17)6-11-5-9-2-3-10(11)4-9/h7,9-11H,2-6H2,1H3,(H,16,17)(H,18,19). The maximum Gasteiger partial charge on any atom is 0.348 e. The van der Waals surface area contributed by atoms with Gasteiger partial charge in [-0.05, 0) is 54.9 Å². The van der Waals surface area contributed by atoms with Gasteiger partial charge in [0, 0.05) is 6.42 Å². The Hall–Kier alpha value is -1.36. The average Bonchev–Trinajstić information content (AvgIpc) is 3.06. The van der Waals surface area contributed by atoms with E-state index in [4.69, 9.17) is 5.11 Å². The number of nitrogens with one attached hydrogen (secondary N) is 1. The van der Waals surface area contributed by atoms with E-state index in [1.165, 1.54) is 37.0 Å². The SMILES string of the molecule is Cc1csc(C(=O)O)c1NC(=O)CC1CC2CCC1C2. The lowest BCUT2D eigenvalue weighted by Crippen LogP contribution is -2.21. The van der Waals surface area contributed by atoms with E-state index >= 15 is 0 Å². The highest BCUT2D eigenvalue weighted by Crippen LogP contribution is 2.49. The van der Waals surface area contributed by atoms with Gasteiger partial charge < -0.3 is 10.4 Å². The second-order valence-corrected chi connectivity index (χ2v) is 6.99. The van der Waals surface area contributed by atoms with Crippen LogP contribution in [0.2, 0.25) is 0 Å². The Morgan fingerprint density at radius 2 is 2.20 bits per heavy atom. The van der Waals surface area contributed by atoms with Gasteiger partial charge in [0.25, 0.3) is 0 Å². The van der Waals surface area contributed by atoms with E-state index in [0.29, 0.717) is 23.9 Å². The Labute approximate surface area is 122 Å². The number of carbonyl (C=O) groups is 2. The summed E-state index contributed by atoms with van der Waals surface area (Å²) >= 11 is 1.17. The predicted octanol–water partition coefficient (Wildman–Crippen LogP) is 3.52. The summed E-state index contributed by atoms with van der Waals surface area (Å²) in [6.45, 7) is 1.83. The molecular weight excluding hydrogens is 274 g/mol. The number of carbonyl (C=O) groups excluding carboxylic acids is 1. The van der Waals surface area contributed by atoms with Gasteiger partial charge in [0.05, 0.1) is 5.69 Å². The molecule has 0 spiro atoms. The molecule has 0 radical (unpaired) electrons. The van der Waals surface area contributed by atoms with Gasteiger partial charge in [-0.3, -0.25) is 4.79 Å². The number of carboxylic acids is 1. The first-order valence-electron chi connectivity index (χ1n) is 7.15. The van der Waals surface area contributed by atoms with Crippen LogP contribution in [-0.4, -0.2) is 17.0 Å². The number of thiophene rings is 1. The normalized spacial score (nSPS) is 27.8. The van der Waals surface area contributed by atoms with Crippen LogP contribution in [-0.2, 0) is 4.79 Å². The van der Waals surface area contributed by atoms with Crippen molar-refractivity contribution in [2.45, 2.75) is 39.0 Å². The number of fused-ring (bicyclic) bond motifs is 2. The summed E-state index contributed by atoms with van der Waals surface area (Å²) in [5.41, 5.74) is 1.31. The first kappa shape index (κ1) is 13.6. The zero-order chi connectivity index (χ0) is 14.3. The fourth-order valence-electron chi connectivity index (χ4n) is 3.81. The zero-order valence-electron chi connectivity index (χ0n) is 11.5. The number of aryl methyl sites for hydroxylation is 1. The molecule has 2 aliphatic carbocycles. The van der Waals surface area contributed by atoms with E-state index < -0.39 is 5.97 Å². The second-order valence-electron chi connectivity index (χ2n) is 6.12. The monoisotopic (exact) mass is 293 g/mol. The molecule has 3 rings (SSSR count). The Morgan fingerprint density at radius 1 is 1.40 bits per heavy atom. The molecule has 2 saturated carbocycles. The van der Waals surface area contributed by atoms with Crippen molar-refractivity contribution in [2.75, 3.05) is 5.32 Å². The molecule has 2 fully saturated rings. The van der Waals surface area contributed by atoms with Crippen LogP contribution in [0.3, 0.4) is 0 Å². The first-order chi connectivity index (χ1) is 9.54. The molecule has 0 aromatic carbocycles. The maximum atomic E-state index is 12.2. The fraction of sp³-hybridized carbons (Fsp3) is 0.600. The molecule has 2 N–H and O–H groups in total. The maximum absolute atomic E-state index is 12.2. The number of rotatable bonds is 4. The zero-order valence-corrected chi connectivity index (χ0v) is 12.3. The largest absolute Gasteiger partial charge is 0.477 e. The van der Waals surface area contributed by atoms with Crippen molar-refractivity contribution >= 4 is 28.9 Å². The average molecular weight is 293 g/mol. The van der Waals surface area contributed by atoms with Gasteiger partial charge >= 0.3 is 5.97 Å². The van der Waals surface area contributed by atoms with E-state index in [1.807, 2.05) is 6.92 Å². The smallest absolute Gasteiger partial charge is 0.348 e. The quantitative estimate of drug-likeness (QED) is 0.892. The third-order valence-corrected chi connectivity index (χ3v) is 5.85. The van der Waals surface area contributed by atoms with Gasteiger partial charge in [-0.2, -0.15) is 0 Å². The number of anilines is 1. The van der Waals surface area contributed by atoms with Crippen molar-refractivity contribution in [2.24, 2.45) is 17.8 Å². The van der Waals surface area contributed by atoms with E-state index in [1.54, 1.807) is 5.38 Å². The van der Waals surface area contributed by atoms with Crippen LogP contribution < -0.4 is 5.32 Å². The van der Waals surface area contributed by atoms with Crippen molar-refractivity contribution < 1.29 is 14.7 Å². The lowest BCUT2D eigenvalue weighted by atomic mass is 9.86. The molecule has 2 bridgehead atoms. The molecule has 20 heavy (non-hydrogen) atoms. The molecule has 3 atom stereocenters. The number of carboxylic acid groups (broad SMARTS) is 1. The van der Waals surface area contributed by atoms with Crippen molar-refractivity contribution in [3.05, 3.63) is 15.8 Å². The summed E-state index contributed by atoms with van der Waals surface area (Å²) in [7, 11) is 0. The van der Waals surface area contributed by atoms with Crippen molar-refractivity contribution in [3.8, 4) is 0 Å². The summed E-state index contributed by atoms with van der Waals surface area (Å²) in [5.74, 6) is 1.04. The van der Waals surface area contributed by atoms with Gasteiger partial charge in [0.2, 0.25) is 5.91 Å². The molecule has 108 valence electrons. The third kappa shape index (κ3) is 2.46. The minimum Gasteiger partial charge on any atom is -0.477 e. The van der Waals surface area contributed by atoms with Gasteiger partial charge in [-0.1, -0.05) is 6.42 Å². The highest BCUT2D eigenvalue weighted by Gasteiger charge is 2.40. The Kier molecular flexibility index (Phi) is 3.54. The molecule has 1 aromatic heterocycles. The van der Waals surface area contributed by atoms with Gasteiger partial charge in [-0.15, -0.1) is 11.3 Å². The Bertz CT molecular complexity index is 551. The number of hydrogen-bond donors (Lipinski definition) is 2. The topological polar surface area (TPSA) is 66.4 Å². The molecule has 1 aromatic rings. The van der Waals surface area contributed by atoms with Crippen molar-refractivity contribution in [1.82, 2.24) is 0 Å².